The van der Waals surface area contributed by atoms with E-state index in [0.29, 0.717) is 23.8 Å². The SMILES string of the molecule is CC(C)(C)NCc1ncc(-c2cc(F)cc(F)c2)o1. The average molecular weight is 266 g/mol. The van der Waals surface area contributed by atoms with E-state index in [1.807, 2.05) is 20.8 Å². The molecule has 2 rings (SSSR count). The molecular weight excluding hydrogens is 250 g/mol. The van der Waals surface area contributed by atoms with Gasteiger partial charge in [-0.3, -0.25) is 0 Å². The fourth-order valence-corrected chi connectivity index (χ4v) is 1.56. The zero-order valence-corrected chi connectivity index (χ0v) is 11.1. The molecule has 3 nitrogen and oxygen atoms in total. The second-order valence-corrected chi connectivity index (χ2v) is 5.38. The molecular formula is C14H16F2N2O. The van der Waals surface area contributed by atoms with Gasteiger partial charge in [0, 0.05) is 17.2 Å². The number of rotatable bonds is 3. The topological polar surface area (TPSA) is 38.1 Å². The molecule has 0 saturated carbocycles. The first kappa shape index (κ1) is 13.7. The van der Waals surface area contributed by atoms with Gasteiger partial charge in [-0.05, 0) is 32.9 Å². The van der Waals surface area contributed by atoms with Gasteiger partial charge in [0.05, 0.1) is 12.7 Å². The van der Waals surface area contributed by atoms with Crippen molar-refractivity contribution in [1.29, 1.82) is 0 Å². The van der Waals surface area contributed by atoms with Crippen molar-refractivity contribution in [2.24, 2.45) is 0 Å². The van der Waals surface area contributed by atoms with E-state index in [2.05, 4.69) is 10.3 Å². The third-order valence-electron chi connectivity index (χ3n) is 2.47. The van der Waals surface area contributed by atoms with E-state index in [1.54, 1.807) is 0 Å². The summed E-state index contributed by atoms with van der Waals surface area (Å²) in [7, 11) is 0. The Balaban J connectivity index is 2.16. The van der Waals surface area contributed by atoms with Gasteiger partial charge < -0.3 is 9.73 Å². The summed E-state index contributed by atoms with van der Waals surface area (Å²) in [5.41, 5.74) is 0.284. The molecule has 1 N–H and O–H groups in total. The minimum Gasteiger partial charge on any atom is -0.439 e. The second-order valence-electron chi connectivity index (χ2n) is 5.38. The van der Waals surface area contributed by atoms with Gasteiger partial charge >= 0.3 is 0 Å². The molecule has 0 radical (unpaired) electrons. The molecule has 0 aliphatic carbocycles. The van der Waals surface area contributed by atoms with Crippen molar-refractivity contribution >= 4 is 0 Å². The molecule has 0 fully saturated rings. The van der Waals surface area contributed by atoms with Gasteiger partial charge in [0.15, 0.2) is 5.76 Å². The highest BCUT2D eigenvalue weighted by Gasteiger charge is 2.12. The molecule has 2 aromatic rings. The van der Waals surface area contributed by atoms with Crippen LogP contribution in [0.1, 0.15) is 26.7 Å². The van der Waals surface area contributed by atoms with Crippen LogP contribution in [0.5, 0.6) is 0 Å². The zero-order chi connectivity index (χ0) is 14.0. The molecule has 1 heterocycles. The number of hydrogen-bond acceptors (Lipinski definition) is 3. The average Bonchev–Trinajstić information content (AvgIpc) is 2.72. The van der Waals surface area contributed by atoms with Crippen LogP contribution in [-0.4, -0.2) is 10.5 Å². The van der Waals surface area contributed by atoms with Crippen molar-refractivity contribution in [2.75, 3.05) is 0 Å². The lowest BCUT2D eigenvalue weighted by atomic mass is 10.1. The van der Waals surface area contributed by atoms with E-state index in [1.165, 1.54) is 18.3 Å². The molecule has 0 amide bonds. The molecule has 0 spiro atoms. The van der Waals surface area contributed by atoms with Gasteiger partial charge in [-0.15, -0.1) is 0 Å². The van der Waals surface area contributed by atoms with Crippen LogP contribution in [0.25, 0.3) is 11.3 Å². The van der Waals surface area contributed by atoms with Crippen LogP contribution in [0.4, 0.5) is 8.78 Å². The maximum atomic E-state index is 13.1. The fraction of sp³-hybridized carbons (Fsp3) is 0.357. The first-order chi connectivity index (χ1) is 8.83. The molecule has 0 aliphatic heterocycles. The zero-order valence-electron chi connectivity index (χ0n) is 11.1. The first-order valence-corrected chi connectivity index (χ1v) is 6.00. The lowest BCUT2D eigenvalue weighted by Gasteiger charge is -2.18. The molecule has 0 saturated heterocycles. The highest BCUT2D eigenvalue weighted by atomic mass is 19.1. The molecule has 102 valence electrons. The Kier molecular flexibility index (Phi) is 3.66. The summed E-state index contributed by atoms with van der Waals surface area (Å²) < 4.78 is 31.7. The summed E-state index contributed by atoms with van der Waals surface area (Å²) >= 11 is 0. The number of benzene rings is 1. The standard InChI is InChI=1S/C14H16F2N2O/c1-14(2,3)18-8-13-17-7-12(19-13)9-4-10(15)6-11(16)5-9/h4-7,18H,8H2,1-3H3. The number of aromatic nitrogens is 1. The molecule has 1 aromatic heterocycles. The molecule has 0 unspecified atom stereocenters. The highest BCUT2D eigenvalue weighted by Crippen LogP contribution is 2.22. The van der Waals surface area contributed by atoms with Gasteiger partial charge in [0.25, 0.3) is 0 Å². The third kappa shape index (κ3) is 3.86. The first-order valence-electron chi connectivity index (χ1n) is 6.00. The van der Waals surface area contributed by atoms with Crippen LogP contribution in [0, 0.1) is 11.6 Å². The van der Waals surface area contributed by atoms with Crippen molar-refractivity contribution in [1.82, 2.24) is 10.3 Å². The van der Waals surface area contributed by atoms with Crippen molar-refractivity contribution in [3.8, 4) is 11.3 Å². The second kappa shape index (κ2) is 5.09. The summed E-state index contributed by atoms with van der Waals surface area (Å²) in [6.45, 7) is 6.54. The Morgan fingerprint density at radius 1 is 1.16 bits per heavy atom. The number of nitrogens with zero attached hydrogens (tertiary/aromatic N) is 1. The molecule has 0 aliphatic rings. The van der Waals surface area contributed by atoms with Crippen molar-refractivity contribution in [3.05, 3.63) is 41.9 Å². The van der Waals surface area contributed by atoms with E-state index in [9.17, 15) is 8.78 Å². The van der Waals surface area contributed by atoms with Crippen LogP contribution in [0.3, 0.4) is 0 Å². The van der Waals surface area contributed by atoms with Crippen LogP contribution < -0.4 is 5.32 Å². The smallest absolute Gasteiger partial charge is 0.208 e. The molecule has 5 heteroatoms. The minimum atomic E-state index is -0.638. The lowest BCUT2D eigenvalue weighted by molar-refractivity contribution is 0.383. The van der Waals surface area contributed by atoms with Gasteiger partial charge in [-0.1, -0.05) is 0 Å². The highest BCUT2D eigenvalue weighted by molar-refractivity contribution is 5.56. The largest absolute Gasteiger partial charge is 0.439 e. The Labute approximate surface area is 110 Å². The number of nitrogens with one attached hydrogen (secondary N) is 1. The summed E-state index contributed by atoms with van der Waals surface area (Å²) in [4.78, 5) is 4.08. The lowest BCUT2D eigenvalue weighted by Crippen LogP contribution is -2.35. The van der Waals surface area contributed by atoms with Crippen molar-refractivity contribution < 1.29 is 13.2 Å². The monoisotopic (exact) mass is 266 g/mol. The van der Waals surface area contributed by atoms with E-state index in [4.69, 9.17) is 4.42 Å². The third-order valence-corrected chi connectivity index (χ3v) is 2.47. The van der Waals surface area contributed by atoms with Gasteiger partial charge in [0.1, 0.15) is 11.6 Å². The number of halogens is 2. The molecule has 0 atom stereocenters. The minimum absolute atomic E-state index is 0.0560. The van der Waals surface area contributed by atoms with Gasteiger partial charge in [-0.25, -0.2) is 13.8 Å². The van der Waals surface area contributed by atoms with E-state index in [-0.39, 0.29) is 5.54 Å². The quantitative estimate of drug-likeness (QED) is 0.923. The normalized spacial score (nSPS) is 11.8. The Hall–Kier alpha value is -1.75. The van der Waals surface area contributed by atoms with E-state index in [0.717, 1.165) is 6.07 Å². The number of hydrogen-bond donors (Lipinski definition) is 1. The van der Waals surface area contributed by atoms with Gasteiger partial charge in [-0.2, -0.15) is 0 Å². The Morgan fingerprint density at radius 2 is 1.79 bits per heavy atom. The van der Waals surface area contributed by atoms with Crippen LogP contribution in [0.15, 0.2) is 28.8 Å². The van der Waals surface area contributed by atoms with Gasteiger partial charge in [0.2, 0.25) is 5.89 Å². The predicted molar refractivity (Wildman–Crippen MR) is 68.4 cm³/mol. The van der Waals surface area contributed by atoms with Crippen LogP contribution in [0.2, 0.25) is 0 Å². The van der Waals surface area contributed by atoms with E-state index >= 15 is 0 Å². The maximum absolute atomic E-state index is 13.1. The maximum Gasteiger partial charge on any atom is 0.208 e. The predicted octanol–water partition coefficient (Wildman–Crippen LogP) is 3.51. The summed E-state index contributed by atoms with van der Waals surface area (Å²) in [6.07, 6.45) is 1.47. The summed E-state index contributed by atoms with van der Waals surface area (Å²) in [6, 6.07) is 3.25. The van der Waals surface area contributed by atoms with Crippen molar-refractivity contribution in [2.45, 2.75) is 32.9 Å². The molecule has 19 heavy (non-hydrogen) atoms. The summed E-state index contributed by atoms with van der Waals surface area (Å²) in [5.74, 6) is -0.444. The Bertz CT molecular complexity index is 553. The summed E-state index contributed by atoms with van der Waals surface area (Å²) in [5, 5.41) is 3.22. The molecule has 1 aromatic carbocycles. The number of oxazole rings is 1. The molecule has 0 bridgehead atoms. The van der Waals surface area contributed by atoms with Crippen LogP contribution in [-0.2, 0) is 6.54 Å². The fourth-order valence-electron chi connectivity index (χ4n) is 1.56. The van der Waals surface area contributed by atoms with Crippen molar-refractivity contribution in [3.63, 3.8) is 0 Å². The Morgan fingerprint density at radius 3 is 2.37 bits per heavy atom. The van der Waals surface area contributed by atoms with Crippen LogP contribution >= 0.6 is 0 Å². The van der Waals surface area contributed by atoms with E-state index < -0.39 is 11.6 Å².